The minimum absolute atomic E-state index is 0.0174. The molecule has 0 radical (unpaired) electrons. The van der Waals surface area contributed by atoms with Crippen molar-refractivity contribution in [1.82, 2.24) is 0 Å². The van der Waals surface area contributed by atoms with Crippen molar-refractivity contribution < 1.29 is 19.0 Å². The third-order valence-electron chi connectivity index (χ3n) is 11.3. The molecule has 0 aromatic rings. The zero-order valence-electron chi connectivity index (χ0n) is 23.2. The summed E-state index contributed by atoms with van der Waals surface area (Å²) in [6.07, 6.45) is 9.19. The van der Waals surface area contributed by atoms with Crippen molar-refractivity contribution in [3.8, 4) is 0 Å². The number of fused-ring (bicyclic) bond motifs is 5. The predicted molar refractivity (Wildman–Crippen MR) is 139 cm³/mol. The van der Waals surface area contributed by atoms with Gasteiger partial charge in [-0.25, -0.2) is 14.5 Å². The molecule has 0 saturated heterocycles. The Labute approximate surface area is 216 Å². The lowest BCUT2D eigenvalue weighted by Gasteiger charge is -2.62. The Morgan fingerprint density at radius 2 is 1.86 bits per heavy atom. The largest absolute Gasteiger partial charge is 0.462 e. The van der Waals surface area contributed by atoms with E-state index in [1.54, 1.807) is 0 Å². The van der Waals surface area contributed by atoms with E-state index in [4.69, 9.17) is 4.74 Å². The van der Waals surface area contributed by atoms with Gasteiger partial charge in [0.1, 0.15) is 11.8 Å². The van der Waals surface area contributed by atoms with Crippen molar-refractivity contribution in [2.24, 2.45) is 51.4 Å². The highest BCUT2D eigenvalue weighted by atomic mass is 19.1. The SMILES string of the molecule is CC(=O)O[C@H]1CC[C@]2(C)[C@H]3CC[C@]4(C)[C@@H]([C@H](C)CCCC(C)C)CC[C@H]4[C@@H]3C/C(=N\[N+](=O)[O-])[C@@]2(F)C1. The van der Waals surface area contributed by atoms with Gasteiger partial charge in [0.05, 0.1) is 5.10 Å². The van der Waals surface area contributed by atoms with Crippen molar-refractivity contribution in [2.75, 3.05) is 0 Å². The van der Waals surface area contributed by atoms with Crippen molar-refractivity contribution in [1.29, 1.82) is 0 Å². The van der Waals surface area contributed by atoms with E-state index in [-0.39, 0.29) is 29.4 Å². The molecule has 9 atom stereocenters. The van der Waals surface area contributed by atoms with Crippen LogP contribution >= 0.6 is 0 Å². The third kappa shape index (κ3) is 4.62. The van der Waals surface area contributed by atoms with Crippen molar-refractivity contribution in [3.63, 3.8) is 0 Å². The molecule has 0 amide bonds. The van der Waals surface area contributed by atoms with E-state index in [0.29, 0.717) is 37.0 Å². The third-order valence-corrected chi connectivity index (χ3v) is 11.3. The molecular weight excluding hydrogens is 459 g/mol. The number of hydrazone groups is 1. The van der Waals surface area contributed by atoms with Crippen LogP contribution in [0.3, 0.4) is 0 Å². The lowest BCUT2D eigenvalue weighted by Crippen LogP contribution is -2.65. The summed E-state index contributed by atoms with van der Waals surface area (Å²) in [5.41, 5.74) is -2.33. The van der Waals surface area contributed by atoms with Crippen molar-refractivity contribution in [2.45, 2.75) is 124 Å². The highest BCUT2D eigenvalue weighted by Crippen LogP contribution is 2.69. The number of carbonyl (C=O) groups excluding carboxylic acids is 1. The molecule has 0 aromatic carbocycles. The lowest BCUT2D eigenvalue weighted by atomic mass is 9.43. The molecular formula is C29H47FN2O4. The Morgan fingerprint density at radius 1 is 1.14 bits per heavy atom. The van der Waals surface area contributed by atoms with Crippen LogP contribution in [0.5, 0.6) is 0 Å². The molecule has 0 bridgehead atoms. The average molecular weight is 507 g/mol. The topological polar surface area (TPSA) is 81.8 Å². The summed E-state index contributed by atoms with van der Waals surface area (Å²) in [6, 6.07) is 0. The van der Waals surface area contributed by atoms with E-state index in [2.05, 4.69) is 32.8 Å². The molecule has 0 heterocycles. The Bertz CT molecular complexity index is 892. The maximum absolute atomic E-state index is 17.1. The van der Waals surface area contributed by atoms with Crippen LogP contribution in [0.2, 0.25) is 0 Å². The van der Waals surface area contributed by atoms with E-state index >= 15 is 4.39 Å². The van der Waals surface area contributed by atoms with Gasteiger partial charge in [0.15, 0.2) is 10.7 Å². The molecule has 0 aromatic heterocycles. The molecule has 204 valence electrons. The van der Waals surface area contributed by atoms with Gasteiger partial charge in [0, 0.05) is 18.8 Å². The molecule has 0 unspecified atom stereocenters. The summed E-state index contributed by atoms with van der Waals surface area (Å²) in [5, 5.41) is 14.5. The fraction of sp³-hybridized carbons (Fsp3) is 0.931. The molecule has 4 saturated carbocycles. The molecule has 6 nitrogen and oxygen atoms in total. The summed E-state index contributed by atoms with van der Waals surface area (Å²) in [7, 11) is 0. The standard InChI is InChI=1S/C29H47FN2O4/c1-18(2)8-7-9-19(3)23-10-11-24-22-16-26(31-32(34)35)29(30)17-21(36-20(4)33)12-15-28(29,6)25(22)13-14-27(23,24)5/h18-19,21-25H,7-17H2,1-6H3/b31-26+/t19-,21+,22+,23-,24+,25+,27-,28-,29+/m1/s1. The zero-order valence-corrected chi connectivity index (χ0v) is 23.2. The van der Waals surface area contributed by atoms with Gasteiger partial charge in [0.25, 0.3) is 0 Å². The summed E-state index contributed by atoms with van der Waals surface area (Å²) in [4.78, 5) is 23.2. The van der Waals surface area contributed by atoms with Gasteiger partial charge in [-0.15, -0.1) is 0 Å². The van der Waals surface area contributed by atoms with Crippen LogP contribution < -0.4 is 0 Å². The zero-order chi connectivity index (χ0) is 26.5. The number of ether oxygens (including phenoxy) is 1. The molecule has 4 fully saturated rings. The van der Waals surface area contributed by atoms with Crippen molar-refractivity contribution >= 4 is 11.7 Å². The summed E-state index contributed by atoms with van der Waals surface area (Å²) in [6.45, 7) is 12.8. The van der Waals surface area contributed by atoms with Crippen LogP contribution in [0.15, 0.2) is 5.10 Å². The highest BCUT2D eigenvalue weighted by molar-refractivity contribution is 5.94. The first-order valence-electron chi connectivity index (χ1n) is 14.4. The highest BCUT2D eigenvalue weighted by Gasteiger charge is 2.69. The van der Waals surface area contributed by atoms with Crippen LogP contribution in [-0.4, -0.2) is 28.5 Å². The molecule has 7 heteroatoms. The molecule has 0 N–H and O–H groups in total. The molecule has 4 aliphatic carbocycles. The minimum atomic E-state index is -1.91. The van der Waals surface area contributed by atoms with E-state index in [0.717, 1.165) is 25.2 Å². The van der Waals surface area contributed by atoms with Gasteiger partial charge >= 0.3 is 5.97 Å². The number of nitrogens with zero attached hydrogens (tertiary/aromatic N) is 2. The first-order chi connectivity index (χ1) is 16.8. The first-order valence-corrected chi connectivity index (χ1v) is 14.4. The van der Waals surface area contributed by atoms with Crippen LogP contribution in [0.25, 0.3) is 0 Å². The van der Waals surface area contributed by atoms with Gasteiger partial charge in [-0.2, -0.15) is 0 Å². The van der Waals surface area contributed by atoms with E-state index in [1.807, 2.05) is 6.92 Å². The van der Waals surface area contributed by atoms with Crippen LogP contribution in [0, 0.1) is 56.5 Å². The second-order valence-corrected chi connectivity index (χ2v) is 13.6. The van der Waals surface area contributed by atoms with Gasteiger partial charge in [0.2, 0.25) is 0 Å². The normalized spacial score (nSPS) is 44.0. The lowest BCUT2D eigenvalue weighted by molar-refractivity contribution is -0.486. The van der Waals surface area contributed by atoms with Crippen LogP contribution in [0.1, 0.15) is 112 Å². The fourth-order valence-corrected chi connectivity index (χ4v) is 9.56. The first kappa shape index (κ1) is 27.5. The quantitative estimate of drug-likeness (QED) is 0.205. The Balaban J connectivity index is 1.61. The number of carbonyl (C=O) groups is 1. The maximum Gasteiger partial charge on any atom is 0.302 e. The molecule has 4 aliphatic rings. The number of halogens is 1. The van der Waals surface area contributed by atoms with E-state index in [1.165, 1.54) is 32.6 Å². The number of esters is 1. The molecule has 36 heavy (non-hydrogen) atoms. The van der Waals surface area contributed by atoms with Crippen LogP contribution in [-0.2, 0) is 9.53 Å². The Hall–Kier alpha value is -1.53. The Morgan fingerprint density at radius 3 is 2.50 bits per heavy atom. The summed E-state index contributed by atoms with van der Waals surface area (Å²) < 4.78 is 22.5. The predicted octanol–water partition coefficient (Wildman–Crippen LogP) is 7.37. The number of rotatable bonds is 7. The summed E-state index contributed by atoms with van der Waals surface area (Å²) in [5.74, 6) is 2.50. The second kappa shape index (κ2) is 9.98. The van der Waals surface area contributed by atoms with Crippen LogP contribution in [0.4, 0.5) is 4.39 Å². The van der Waals surface area contributed by atoms with E-state index < -0.39 is 28.2 Å². The van der Waals surface area contributed by atoms with E-state index in [9.17, 15) is 14.9 Å². The second-order valence-electron chi connectivity index (χ2n) is 13.6. The summed E-state index contributed by atoms with van der Waals surface area (Å²) >= 11 is 0. The van der Waals surface area contributed by atoms with Gasteiger partial charge in [-0.05, 0) is 85.9 Å². The maximum atomic E-state index is 17.1. The monoisotopic (exact) mass is 506 g/mol. The average Bonchev–Trinajstić information content (AvgIpc) is 3.12. The molecule has 0 spiro atoms. The van der Waals surface area contributed by atoms with Crippen molar-refractivity contribution in [3.05, 3.63) is 10.1 Å². The molecule has 0 aliphatic heterocycles. The van der Waals surface area contributed by atoms with Gasteiger partial charge in [-0.3, -0.25) is 4.79 Å². The van der Waals surface area contributed by atoms with Gasteiger partial charge < -0.3 is 4.74 Å². The number of hydrogen-bond donors (Lipinski definition) is 0. The number of alkyl halides is 1. The molecule has 4 rings (SSSR count). The number of hydrogen-bond acceptors (Lipinski definition) is 4. The number of nitro groups is 1. The fourth-order valence-electron chi connectivity index (χ4n) is 9.56. The smallest absolute Gasteiger partial charge is 0.302 e. The van der Waals surface area contributed by atoms with Gasteiger partial charge in [-0.1, -0.05) is 53.9 Å². The Kier molecular flexibility index (Phi) is 7.62. The minimum Gasteiger partial charge on any atom is -0.462 e.